The maximum Gasteiger partial charge on any atom is 0.241 e. The Bertz CT molecular complexity index is 432. The SMILES string of the molecule is CC(N)CC(=O)Nc1cnn(CC(=O)NC2CC2)c1. The van der Waals surface area contributed by atoms with Crippen molar-refractivity contribution in [3.63, 3.8) is 0 Å². The average molecular weight is 265 g/mol. The molecule has 0 aromatic carbocycles. The number of nitrogens with zero attached hydrogens (tertiary/aromatic N) is 2. The first-order valence-corrected chi connectivity index (χ1v) is 6.40. The van der Waals surface area contributed by atoms with Gasteiger partial charge in [0.25, 0.3) is 0 Å². The van der Waals surface area contributed by atoms with E-state index in [0.29, 0.717) is 11.7 Å². The molecule has 4 N–H and O–H groups in total. The maximum atomic E-state index is 11.6. The van der Waals surface area contributed by atoms with Crippen molar-refractivity contribution in [3.05, 3.63) is 12.4 Å². The maximum absolute atomic E-state index is 11.6. The molecule has 1 fully saturated rings. The Morgan fingerprint density at radius 3 is 2.89 bits per heavy atom. The standard InChI is InChI=1S/C12H19N5O2/c1-8(13)4-11(18)16-10-5-14-17(6-10)7-12(19)15-9-2-3-9/h5-6,8-9H,2-4,7,13H2,1H3,(H,15,19)(H,16,18). The molecule has 1 aliphatic rings. The van der Waals surface area contributed by atoms with Crippen molar-refractivity contribution >= 4 is 17.5 Å². The van der Waals surface area contributed by atoms with E-state index in [0.717, 1.165) is 12.8 Å². The number of hydrogen-bond acceptors (Lipinski definition) is 4. The first-order chi connectivity index (χ1) is 9.02. The van der Waals surface area contributed by atoms with E-state index >= 15 is 0 Å². The van der Waals surface area contributed by atoms with Crippen molar-refractivity contribution in [2.75, 3.05) is 5.32 Å². The van der Waals surface area contributed by atoms with Crippen molar-refractivity contribution in [1.82, 2.24) is 15.1 Å². The fourth-order valence-electron chi connectivity index (χ4n) is 1.67. The van der Waals surface area contributed by atoms with E-state index in [4.69, 9.17) is 5.73 Å². The summed E-state index contributed by atoms with van der Waals surface area (Å²) in [5.41, 5.74) is 6.11. The third kappa shape index (κ3) is 4.70. The van der Waals surface area contributed by atoms with Gasteiger partial charge in [0.2, 0.25) is 11.8 Å². The summed E-state index contributed by atoms with van der Waals surface area (Å²) in [7, 11) is 0. The van der Waals surface area contributed by atoms with Crippen LogP contribution in [0.2, 0.25) is 0 Å². The average Bonchev–Trinajstić information content (AvgIpc) is 2.98. The van der Waals surface area contributed by atoms with Crippen LogP contribution in [-0.2, 0) is 16.1 Å². The molecule has 1 atom stereocenters. The molecule has 1 heterocycles. The molecule has 104 valence electrons. The highest BCUT2D eigenvalue weighted by molar-refractivity contribution is 5.90. The first kappa shape index (κ1) is 13.5. The number of anilines is 1. The Labute approximate surface area is 111 Å². The molecular weight excluding hydrogens is 246 g/mol. The Morgan fingerprint density at radius 1 is 1.53 bits per heavy atom. The zero-order valence-corrected chi connectivity index (χ0v) is 10.9. The predicted molar refractivity (Wildman–Crippen MR) is 70.3 cm³/mol. The summed E-state index contributed by atoms with van der Waals surface area (Å²) >= 11 is 0. The van der Waals surface area contributed by atoms with Crippen LogP contribution in [0.25, 0.3) is 0 Å². The highest BCUT2D eigenvalue weighted by Crippen LogP contribution is 2.18. The zero-order chi connectivity index (χ0) is 13.8. The fraction of sp³-hybridized carbons (Fsp3) is 0.583. The van der Waals surface area contributed by atoms with Crippen LogP contribution in [0.4, 0.5) is 5.69 Å². The Morgan fingerprint density at radius 2 is 2.26 bits per heavy atom. The van der Waals surface area contributed by atoms with E-state index in [-0.39, 0.29) is 30.8 Å². The van der Waals surface area contributed by atoms with Gasteiger partial charge in [0.1, 0.15) is 6.54 Å². The van der Waals surface area contributed by atoms with Gasteiger partial charge >= 0.3 is 0 Å². The number of amides is 2. The van der Waals surface area contributed by atoms with Crippen molar-refractivity contribution in [1.29, 1.82) is 0 Å². The highest BCUT2D eigenvalue weighted by atomic mass is 16.2. The van der Waals surface area contributed by atoms with Gasteiger partial charge in [-0.05, 0) is 19.8 Å². The largest absolute Gasteiger partial charge is 0.352 e. The van der Waals surface area contributed by atoms with E-state index in [9.17, 15) is 9.59 Å². The van der Waals surface area contributed by atoms with Crippen LogP contribution >= 0.6 is 0 Å². The number of nitrogens with two attached hydrogens (primary N) is 1. The molecule has 1 saturated carbocycles. The molecular formula is C12H19N5O2. The van der Waals surface area contributed by atoms with Gasteiger partial charge in [-0.3, -0.25) is 14.3 Å². The molecule has 2 rings (SSSR count). The summed E-state index contributed by atoms with van der Waals surface area (Å²) < 4.78 is 1.50. The number of rotatable bonds is 6. The van der Waals surface area contributed by atoms with Crippen LogP contribution in [0.15, 0.2) is 12.4 Å². The van der Waals surface area contributed by atoms with Gasteiger partial charge in [0, 0.05) is 24.7 Å². The molecule has 1 aromatic heterocycles. The topological polar surface area (TPSA) is 102 Å². The molecule has 7 heteroatoms. The second kappa shape index (κ2) is 5.83. The molecule has 7 nitrogen and oxygen atoms in total. The fourth-order valence-corrected chi connectivity index (χ4v) is 1.67. The number of carbonyl (C=O) groups excluding carboxylic acids is 2. The van der Waals surface area contributed by atoms with Gasteiger partial charge in [-0.1, -0.05) is 0 Å². The monoisotopic (exact) mass is 265 g/mol. The normalized spacial score (nSPS) is 15.9. The summed E-state index contributed by atoms with van der Waals surface area (Å²) in [5.74, 6) is -0.212. The highest BCUT2D eigenvalue weighted by Gasteiger charge is 2.23. The summed E-state index contributed by atoms with van der Waals surface area (Å²) in [6.07, 6.45) is 5.52. The van der Waals surface area contributed by atoms with E-state index in [1.165, 1.54) is 10.9 Å². The molecule has 1 aromatic rings. The Kier molecular flexibility index (Phi) is 4.16. The third-order valence-electron chi connectivity index (χ3n) is 2.67. The molecule has 1 unspecified atom stereocenters. The molecule has 0 aliphatic heterocycles. The molecule has 0 saturated heterocycles. The lowest BCUT2D eigenvalue weighted by Crippen LogP contribution is -2.29. The lowest BCUT2D eigenvalue weighted by atomic mass is 10.2. The summed E-state index contributed by atoms with van der Waals surface area (Å²) in [4.78, 5) is 23.1. The minimum Gasteiger partial charge on any atom is -0.352 e. The molecule has 0 radical (unpaired) electrons. The van der Waals surface area contributed by atoms with Crippen LogP contribution < -0.4 is 16.4 Å². The van der Waals surface area contributed by atoms with Gasteiger partial charge in [0.05, 0.1) is 11.9 Å². The van der Waals surface area contributed by atoms with E-state index in [1.807, 2.05) is 0 Å². The van der Waals surface area contributed by atoms with E-state index in [2.05, 4.69) is 15.7 Å². The van der Waals surface area contributed by atoms with Gasteiger partial charge in [-0.15, -0.1) is 0 Å². The summed E-state index contributed by atoms with van der Waals surface area (Å²) in [5, 5.41) is 9.59. The number of carbonyl (C=O) groups is 2. The summed E-state index contributed by atoms with van der Waals surface area (Å²) in [6, 6.07) is 0.160. The minimum absolute atomic E-state index is 0.0564. The van der Waals surface area contributed by atoms with Gasteiger partial charge in [-0.25, -0.2) is 0 Å². The van der Waals surface area contributed by atoms with E-state index < -0.39 is 0 Å². The molecule has 0 spiro atoms. The second-order valence-electron chi connectivity index (χ2n) is 5.00. The van der Waals surface area contributed by atoms with Crippen molar-refractivity contribution in [3.8, 4) is 0 Å². The van der Waals surface area contributed by atoms with Crippen LogP contribution in [0.5, 0.6) is 0 Å². The Hall–Kier alpha value is -1.89. The van der Waals surface area contributed by atoms with E-state index in [1.54, 1.807) is 13.1 Å². The quantitative estimate of drug-likeness (QED) is 0.665. The second-order valence-corrected chi connectivity index (χ2v) is 5.00. The summed E-state index contributed by atoms with van der Waals surface area (Å²) in [6.45, 7) is 1.94. The lowest BCUT2D eigenvalue weighted by Gasteiger charge is -2.05. The van der Waals surface area contributed by atoms with Crippen molar-refractivity contribution in [2.24, 2.45) is 5.73 Å². The van der Waals surface area contributed by atoms with Crippen LogP contribution in [-0.4, -0.2) is 33.7 Å². The van der Waals surface area contributed by atoms with Crippen LogP contribution in [0.1, 0.15) is 26.2 Å². The molecule has 1 aliphatic carbocycles. The Balaban J connectivity index is 1.80. The molecule has 19 heavy (non-hydrogen) atoms. The molecule has 2 amide bonds. The lowest BCUT2D eigenvalue weighted by molar-refractivity contribution is -0.122. The minimum atomic E-state index is -0.181. The number of nitrogens with one attached hydrogen (secondary N) is 2. The molecule has 0 bridgehead atoms. The van der Waals surface area contributed by atoms with Crippen molar-refractivity contribution in [2.45, 2.75) is 44.8 Å². The number of aromatic nitrogens is 2. The van der Waals surface area contributed by atoms with Crippen LogP contribution in [0.3, 0.4) is 0 Å². The van der Waals surface area contributed by atoms with Gasteiger partial charge in [0.15, 0.2) is 0 Å². The van der Waals surface area contributed by atoms with Gasteiger partial charge in [-0.2, -0.15) is 5.10 Å². The number of hydrogen-bond donors (Lipinski definition) is 3. The zero-order valence-electron chi connectivity index (χ0n) is 10.9. The van der Waals surface area contributed by atoms with Crippen molar-refractivity contribution < 1.29 is 9.59 Å². The predicted octanol–water partition coefficient (Wildman–Crippen LogP) is -0.163. The third-order valence-corrected chi connectivity index (χ3v) is 2.67. The van der Waals surface area contributed by atoms with Gasteiger partial charge < -0.3 is 16.4 Å². The smallest absolute Gasteiger partial charge is 0.241 e. The first-order valence-electron chi connectivity index (χ1n) is 6.40. The van der Waals surface area contributed by atoms with Crippen LogP contribution in [0, 0.1) is 0 Å².